The maximum Gasteiger partial charge on any atom is 0.410 e. The number of ether oxygens (including phenoxy) is 5. The second-order valence-corrected chi connectivity index (χ2v) is 15.9. The van der Waals surface area contributed by atoms with Crippen LogP contribution in [0.5, 0.6) is 11.5 Å². The maximum atomic E-state index is 14.7. The van der Waals surface area contributed by atoms with Crippen molar-refractivity contribution in [3.8, 4) is 11.5 Å². The number of oxime groups is 1. The van der Waals surface area contributed by atoms with Crippen molar-refractivity contribution in [3.05, 3.63) is 83.7 Å². The molecule has 0 bridgehead atoms. The molecule has 1 saturated carbocycles. The lowest BCUT2D eigenvalue weighted by atomic mass is 9.55. The van der Waals surface area contributed by atoms with E-state index in [1.54, 1.807) is 35.2 Å². The van der Waals surface area contributed by atoms with Crippen LogP contribution in [0, 0.1) is 23.6 Å². The van der Waals surface area contributed by atoms with Gasteiger partial charge in [-0.1, -0.05) is 48.3 Å². The van der Waals surface area contributed by atoms with Gasteiger partial charge in [-0.05, 0) is 88.1 Å². The van der Waals surface area contributed by atoms with Crippen LogP contribution < -0.4 is 9.47 Å². The first-order valence-electron chi connectivity index (χ1n) is 20.2. The summed E-state index contributed by atoms with van der Waals surface area (Å²) < 4.78 is 46.1. The third-order valence-corrected chi connectivity index (χ3v) is 10.9. The van der Waals surface area contributed by atoms with Crippen molar-refractivity contribution in [3.63, 3.8) is 0 Å². The lowest BCUT2D eigenvalue weighted by Gasteiger charge is -2.59. The van der Waals surface area contributed by atoms with Crippen LogP contribution in [0.15, 0.2) is 71.9 Å². The number of unbranched alkanes of at least 4 members (excludes halogenated alkanes) is 2. The quantitative estimate of drug-likeness (QED) is 0.0692. The molecule has 12 nitrogen and oxygen atoms in total. The molecule has 1 amide bonds. The Morgan fingerprint density at radius 2 is 1.81 bits per heavy atom. The van der Waals surface area contributed by atoms with E-state index < -0.39 is 29.4 Å². The standard InChI is InChI=1S/C44H61FN2O10/c1-6-23-55-44-39(47(42(51)52-5)19-24-53-25-22-50)28-37(46-57-43(2,3)4)34-26-30(13-9-11-20-48)33(15-10-12-21-49)40(41(34)44)35-27-32(17-18-38(35)56-44)54-29-31-14-7-8-16-36(31)45/h6-8,14,16-18,26-27,30,33,39-41,48-50H,1,9-13,15,19-25,28-29H2,2-5H3/t30-,33+,39-,40+,41+,44+/m0/s1. The van der Waals surface area contributed by atoms with Crippen molar-refractivity contribution >= 4 is 11.8 Å². The molecule has 0 spiro atoms. The van der Waals surface area contributed by atoms with E-state index in [1.807, 2.05) is 32.9 Å². The highest BCUT2D eigenvalue weighted by atomic mass is 19.1. The molecule has 0 saturated heterocycles. The average Bonchev–Trinajstić information content (AvgIpc) is 3.20. The summed E-state index contributed by atoms with van der Waals surface area (Å²) in [6.07, 6.45) is 7.90. The fraction of sp³-hybridized carbons (Fsp3) is 0.591. The molecule has 314 valence electrons. The van der Waals surface area contributed by atoms with Crippen LogP contribution in [0.1, 0.15) is 82.8 Å². The van der Waals surface area contributed by atoms with Gasteiger partial charge in [0, 0.05) is 43.2 Å². The zero-order valence-corrected chi connectivity index (χ0v) is 33.9. The van der Waals surface area contributed by atoms with Gasteiger partial charge in [-0.15, -0.1) is 6.58 Å². The van der Waals surface area contributed by atoms with Gasteiger partial charge in [0.25, 0.3) is 0 Å². The monoisotopic (exact) mass is 796 g/mol. The molecule has 5 rings (SSSR count). The van der Waals surface area contributed by atoms with E-state index in [4.69, 9.17) is 33.7 Å². The van der Waals surface area contributed by atoms with Crippen LogP contribution in [-0.4, -0.2) is 103 Å². The first kappa shape index (κ1) is 44.1. The van der Waals surface area contributed by atoms with Crippen molar-refractivity contribution in [2.75, 3.05) is 53.3 Å². The Balaban J connectivity index is 1.75. The topological polar surface area (TPSA) is 149 Å². The Labute approximate surface area is 336 Å². The van der Waals surface area contributed by atoms with E-state index in [0.29, 0.717) is 35.6 Å². The summed E-state index contributed by atoms with van der Waals surface area (Å²) in [6, 6.07) is 11.3. The highest BCUT2D eigenvalue weighted by molar-refractivity contribution is 6.03. The molecule has 6 atom stereocenters. The molecule has 3 N–H and O–H groups in total. The molecule has 57 heavy (non-hydrogen) atoms. The fourth-order valence-electron chi connectivity index (χ4n) is 8.53. The number of aliphatic hydroxyl groups is 3. The molecule has 1 heterocycles. The minimum atomic E-state index is -1.48. The third kappa shape index (κ3) is 10.5. The molecule has 2 aromatic rings. The number of halogens is 1. The van der Waals surface area contributed by atoms with Crippen molar-refractivity contribution in [2.24, 2.45) is 22.9 Å². The predicted octanol–water partition coefficient (Wildman–Crippen LogP) is 6.91. The highest BCUT2D eigenvalue weighted by Gasteiger charge is 2.65. The second kappa shape index (κ2) is 20.6. The van der Waals surface area contributed by atoms with E-state index in [9.17, 15) is 24.5 Å². The molecule has 0 unspecified atom stereocenters. The summed E-state index contributed by atoms with van der Waals surface area (Å²) in [5.41, 5.74) is 2.22. The number of amides is 1. The largest absolute Gasteiger partial charge is 0.489 e. The summed E-state index contributed by atoms with van der Waals surface area (Å²) in [7, 11) is 1.32. The number of aliphatic hydroxyl groups excluding tert-OH is 3. The Morgan fingerprint density at radius 1 is 1.05 bits per heavy atom. The highest BCUT2D eigenvalue weighted by Crippen LogP contribution is 2.62. The molecule has 3 aliphatic rings. The van der Waals surface area contributed by atoms with Crippen molar-refractivity contribution in [2.45, 2.75) is 95.7 Å². The van der Waals surface area contributed by atoms with Crippen LogP contribution in [0.4, 0.5) is 9.18 Å². The summed E-state index contributed by atoms with van der Waals surface area (Å²) >= 11 is 0. The van der Waals surface area contributed by atoms with E-state index >= 15 is 0 Å². The second-order valence-electron chi connectivity index (χ2n) is 15.9. The lowest BCUT2D eigenvalue weighted by molar-refractivity contribution is -0.256. The SMILES string of the molecule is C=CCO[C@@]12Oc3ccc(OCc4ccccc4F)cc3[C@H]3[C@H](CCCCO)[C@@H](CCCCO)C=C(C(=NOC(C)(C)C)C[C@@H]1N(CCOCCO)C(=O)OC)[C@H]32. The van der Waals surface area contributed by atoms with Crippen LogP contribution in [0.25, 0.3) is 0 Å². The lowest BCUT2D eigenvalue weighted by Crippen LogP contribution is -2.70. The summed E-state index contributed by atoms with van der Waals surface area (Å²) in [5.74, 6) is -1.51. The number of carbonyl (C=O) groups excluding carboxylic acids is 1. The molecule has 0 aromatic heterocycles. The first-order chi connectivity index (χ1) is 27.5. The van der Waals surface area contributed by atoms with Crippen LogP contribution >= 0.6 is 0 Å². The molecule has 2 aromatic carbocycles. The number of hydrogen-bond acceptors (Lipinski definition) is 11. The van der Waals surface area contributed by atoms with Gasteiger partial charge in [0.15, 0.2) is 0 Å². The minimum absolute atomic E-state index is 0.00293. The van der Waals surface area contributed by atoms with E-state index in [0.717, 1.165) is 36.8 Å². The Hall–Kier alpha value is -4.01. The zero-order valence-electron chi connectivity index (χ0n) is 33.9. The van der Waals surface area contributed by atoms with Crippen molar-refractivity contribution in [1.82, 2.24) is 4.90 Å². The average molecular weight is 797 g/mol. The number of fused-ring (bicyclic) bond motifs is 2. The normalized spacial score (nSPS) is 24.5. The van der Waals surface area contributed by atoms with E-state index in [2.05, 4.69) is 12.7 Å². The summed E-state index contributed by atoms with van der Waals surface area (Å²) in [4.78, 5) is 21.6. The van der Waals surface area contributed by atoms with Gasteiger partial charge in [-0.3, -0.25) is 4.90 Å². The van der Waals surface area contributed by atoms with Gasteiger partial charge in [-0.2, -0.15) is 0 Å². The Morgan fingerprint density at radius 3 is 2.49 bits per heavy atom. The first-order valence-corrected chi connectivity index (χ1v) is 20.2. The van der Waals surface area contributed by atoms with Crippen LogP contribution in [0.2, 0.25) is 0 Å². The van der Waals surface area contributed by atoms with Gasteiger partial charge < -0.3 is 43.8 Å². The molecular formula is C44H61FN2O10. The number of rotatable bonds is 21. The van der Waals surface area contributed by atoms with Gasteiger partial charge >= 0.3 is 6.09 Å². The smallest absolute Gasteiger partial charge is 0.410 e. The maximum absolute atomic E-state index is 14.7. The number of hydrogen-bond donors (Lipinski definition) is 3. The van der Waals surface area contributed by atoms with Gasteiger partial charge in [0.2, 0.25) is 5.79 Å². The molecule has 13 heteroatoms. The number of nitrogens with zero attached hydrogens (tertiary/aromatic N) is 2. The van der Waals surface area contributed by atoms with Crippen molar-refractivity contribution < 1.29 is 53.0 Å². The summed E-state index contributed by atoms with van der Waals surface area (Å²) in [6.45, 7) is 10.1. The van der Waals surface area contributed by atoms with E-state index in [1.165, 1.54) is 13.2 Å². The molecule has 0 radical (unpaired) electrons. The van der Waals surface area contributed by atoms with Crippen molar-refractivity contribution in [1.29, 1.82) is 0 Å². The zero-order chi connectivity index (χ0) is 41.0. The van der Waals surface area contributed by atoms with Gasteiger partial charge in [0.1, 0.15) is 35.6 Å². The Bertz CT molecular complexity index is 1700. The molecule has 1 fully saturated rings. The predicted molar refractivity (Wildman–Crippen MR) is 214 cm³/mol. The van der Waals surface area contributed by atoms with Crippen LogP contribution in [0.3, 0.4) is 0 Å². The fourth-order valence-corrected chi connectivity index (χ4v) is 8.53. The molecule has 2 aliphatic carbocycles. The Kier molecular flexibility index (Phi) is 15.9. The van der Waals surface area contributed by atoms with Crippen LogP contribution in [-0.2, 0) is 25.7 Å². The number of allylic oxidation sites excluding steroid dienone is 1. The van der Waals surface area contributed by atoms with E-state index in [-0.39, 0.29) is 82.8 Å². The molecule has 1 aliphatic heterocycles. The number of methoxy groups -OCH3 is 1. The molecular weight excluding hydrogens is 735 g/mol. The minimum Gasteiger partial charge on any atom is -0.489 e. The number of carbonyl (C=O) groups is 1. The third-order valence-electron chi connectivity index (χ3n) is 10.9. The number of benzene rings is 2. The summed E-state index contributed by atoms with van der Waals surface area (Å²) in [5, 5.41) is 33.9. The van der Waals surface area contributed by atoms with Gasteiger partial charge in [0.05, 0.1) is 45.2 Å². The van der Waals surface area contributed by atoms with Gasteiger partial charge in [-0.25, -0.2) is 9.18 Å².